The standard InChI is InChI=1S/C40H46O8/c1-5-8-9-10-11-12-14-38(48-37(41)7-3)45-33-21-15-29(16-22-33)30-17-23-34(24-18-30)46-40(43)31-19-25-32(26-20-31)44-35(13-6-2)36-27-28(4)39(42)47-36/h7,15-26,35-36,38H,3-6,8-14,27H2,1-2H3. The van der Waals surface area contributed by atoms with Crippen LogP contribution in [-0.2, 0) is 19.1 Å². The normalized spacial score (nSPS) is 15.2. The Labute approximate surface area is 283 Å². The fourth-order valence-corrected chi connectivity index (χ4v) is 5.42. The van der Waals surface area contributed by atoms with Gasteiger partial charge in [-0.25, -0.2) is 14.4 Å². The zero-order valence-corrected chi connectivity index (χ0v) is 28.0. The minimum atomic E-state index is -0.678. The van der Waals surface area contributed by atoms with E-state index < -0.39 is 18.2 Å². The van der Waals surface area contributed by atoms with Gasteiger partial charge in [0.05, 0.1) is 5.56 Å². The summed E-state index contributed by atoms with van der Waals surface area (Å²) in [4.78, 5) is 36.5. The monoisotopic (exact) mass is 654 g/mol. The molecular formula is C40H46O8. The van der Waals surface area contributed by atoms with E-state index in [0.717, 1.165) is 49.3 Å². The maximum Gasteiger partial charge on any atom is 0.343 e. The number of carbonyl (C=O) groups excluding carboxylic acids is 3. The van der Waals surface area contributed by atoms with Gasteiger partial charge in [-0.05, 0) is 72.5 Å². The van der Waals surface area contributed by atoms with Gasteiger partial charge in [-0.3, -0.25) is 0 Å². The van der Waals surface area contributed by atoms with Crippen molar-refractivity contribution in [3.05, 3.63) is 103 Å². The summed E-state index contributed by atoms with van der Waals surface area (Å²) in [5.74, 6) is 0.210. The molecule has 4 rings (SSSR count). The average molecular weight is 655 g/mol. The topological polar surface area (TPSA) is 97.4 Å². The highest BCUT2D eigenvalue weighted by molar-refractivity contribution is 5.91. The van der Waals surface area contributed by atoms with Gasteiger partial charge in [-0.2, -0.15) is 0 Å². The Balaban J connectivity index is 1.29. The lowest BCUT2D eigenvalue weighted by atomic mass is 10.0. The minimum Gasteiger partial charge on any atom is -0.487 e. The summed E-state index contributed by atoms with van der Waals surface area (Å²) in [6.07, 6.45) is 9.21. The van der Waals surface area contributed by atoms with E-state index in [2.05, 4.69) is 20.1 Å². The number of cyclic esters (lactones) is 1. The molecule has 3 atom stereocenters. The second-order valence-corrected chi connectivity index (χ2v) is 11.9. The van der Waals surface area contributed by atoms with E-state index in [1.807, 2.05) is 43.3 Å². The number of benzene rings is 3. The molecule has 254 valence electrons. The smallest absolute Gasteiger partial charge is 0.343 e. The van der Waals surface area contributed by atoms with E-state index in [0.29, 0.717) is 41.2 Å². The zero-order valence-electron chi connectivity index (χ0n) is 28.0. The van der Waals surface area contributed by atoms with Crippen molar-refractivity contribution in [2.45, 2.75) is 96.6 Å². The Kier molecular flexibility index (Phi) is 13.9. The lowest BCUT2D eigenvalue weighted by molar-refractivity contribution is -0.158. The van der Waals surface area contributed by atoms with Crippen LogP contribution in [0.5, 0.6) is 17.2 Å². The molecular weight excluding hydrogens is 608 g/mol. The third-order valence-electron chi connectivity index (χ3n) is 8.09. The summed E-state index contributed by atoms with van der Waals surface area (Å²) in [6, 6.07) is 21.5. The Hall–Kier alpha value is -4.85. The van der Waals surface area contributed by atoms with Crippen molar-refractivity contribution in [1.82, 2.24) is 0 Å². The van der Waals surface area contributed by atoms with Crippen LogP contribution < -0.4 is 14.2 Å². The molecule has 0 aliphatic carbocycles. The van der Waals surface area contributed by atoms with Gasteiger partial charge in [0.15, 0.2) is 0 Å². The molecule has 0 amide bonds. The molecule has 1 saturated heterocycles. The average Bonchev–Trinajstić information content (AvgIpc) is 3.44. The molecule has 0 N–H and O–H groups in total. The van der Waals surface area contributed by atoms with Gasteiger partial charge in [0, 0.05) is 24.5 Å². The predicted molar refractivity (Wildman–Crippen MR) is 185 cm³/mol. The van der Waals surface area contributed by atoms with Crippen LogP contribution >= 0.6 is 0 Å². The Bertz CT molecular complexity index is 1490. The van der Waals surface area contributed by atoms with Crippen molar-refractivity contribution in [2.75, 3.05) is 0 Å². The van der Waals surface area contributed by atoms with Gasteiger partial charge in [0.25, 0.3) is 0 Å². The quantitative estimate of drug-likeness (QED) is 0.0415. The summed E-state index contributed by atoms with van der Waals surface area (Å²) in [7, 11) is 0. The first-order valence-electron chi connectivity index (χ1n) is 16.9. The summed E-state index contributed by atoms with van der Waals surface area (Å²) in [5, 5.41) is 0. The van der Waals surface area contributed by atoms with Crippen molar-refractivity contribution in [3.8, 4) is 28.4 Å². The molecule has 48 heavy (non-hydrogen) atoms. The molecule has 0 aromatic heterocycles. The minimum absolute atomic E-state index is 0.299. The molecule has 1 fully saturated rings. The van der Waals surface area contributed by atoms with E-state index in [-0.39, 0.29) is 18.2 Å². The van der Waals surface area contributed by atoms with Crippen LogP contribution in [0.4, 0.5) is 0 Å². The first-order chi connectivity index (χ1) is 23.3. The Morgan fingerprint density at radius 2 is 1.38 bits per heavy atom. The molecule has 0 bridgehead atoms. The molecule has 3 aromatic rings. The number of esters is 3. The van der Waals surface area contributed by atoms with Gasteiger partial charge in [-0.15, -0.1) is 0 Å². The number of carbonyl (C=O) groups is 3. The molecule has 1 heterocycles. The number of hydrogen-bond acceptors (Lipinski definition) is 8. The predicted octanol–water partition coefficient (Wildman–Crippen LogP) is 9.18. The maximum atomic E-state index is 12.8. The molecule has 0 radical (unpaired) electrons. The first-order valence-corrected chi connectivity index (χ1v) is 16.9. The second kappa shape index (κ2) is 18.5. The molecule has 8 nitrogen and oxygen atoms in total. The molecule has 3 unspecified atom stereocenters. The largest absolute Gasteiger partial charge is 0.487 e. The van der Waals surface area contributed by atoms with E-state index in [4.69, 9.17) is 23.7 Å². The highest BCUT2D eigenvalue weighted by atomic mass is 16.7. The molecule has 1 aliphatic heterocycles. The van der Waals surface area contributed by atoms with Gasteiger partial charge < -0.3 is 23.7 Å². The van der Waals surface area contributed by atoms with E-state index in [1.54, 1.807) is 36.4 Å². The van der Waals surface area contributed by atoms with Crippen LogP contribution in [0.2, 0.25) is 0 Å². The number of hydrogen-bond donors (Lipinski definition) is 0. The molecule has 3 aromatic carbocycles. The van der Waals surface area contributed by atoms with Crippen molar-refractivity contribution < 1.29 is 38.1 Å². The van der Waals surface area contributed by atoms with Gasteiger partial charge in [-0.1, -0.05) is 89.8 Å². The lowest BCUT2D eigenvalue weighted by Crippen LogP contribution is -2.31. The highest BCUT2D eigenvalue weighted by Crippen LogP contribution is 2.29. The first kappa shape index (κ1) is 36.0. The van der Waals surface area contributed by atoms with Crippen molar-refractivity contribution in [1.29, 1.82) is 0 Å². The summed E-state index contributed by atoms with van der Waals surface area (Å²) < 4.78 is 28.6. The van der Waals surface area contributed by atoms with Gasteiger partial charge in [0.1, 0.15) is 29.5 Å². The Morgan fingerprint density at radius 1 is 0.792 bits per heavy atom. The van der Waals surface area contributed by atoms with Crippen molar-refractivity contribution in [2.24, 2.45) is 0 Å². The SMILES string of the molecule is C=CC(=O)OC(CCCCCCCC)Oc1ccc(-c2ccc(OC(=O)c3ccc(OC(CCC)C4CC(=C)C(=O)O4)cc3)cc2)cc1. The van der Waals surface area contributed by atoms with Crippen LogP contribution in [0.15, 0.2) is 97.6 Å². The zero-order chi connectivity index (χ0) is 34.3. The van der Waals surface area contributed by atoms with Crippen molar-refractivity contribution >= 4 is 17.9 Å². The third-order valence-corrected chi connectivity index (χ3v) is 8.09. The molecule has 8 heteroatoms. The highest BCUT2D eigenvalue weighted by Gasteiger charge is 2.34. The number of unbranched alkanes of at least 4 members (excludes halogenated alkanes) is 5. The van der Waals surface area contributed by atoms with Crippen LogP contribution in [-0.4, -0.2) is 36.4 Å². The van der Waals surface area contributed by atoms with E-state index in [9.17, 15) is 14.4 Å². The summed E-state index contributed by atoms with van der Waals surface area (Å²) in [5.41, 5.74) is 2.71. The number of rotatable bonds is 19. The molecule has 1 aliphatic rings. The van der Waals surface area contributed by atoms with Crippen LogP contribution in [0.25, 0.3) is 11.1 Å². The van der Waals surface area contributed by atoms with Crippen LogP contribution in [0, 0.1) is 0 Å². The molecule has 0 saturated carbocycles. The number of ether oxygens (including phenoxy) is 5. The third kappa shape index (κ3) is 10.9. The fourth-order valence-electron chi connectivity index (χ4n) is 5.42. The van der Waals surface area contributed by atoms with Crippen LogP contribution in [0.1, 0.15) is 88.4 Å². The van der Waals surface area contributed by atoms with E-state index >= 15 is 0 Å². The van der Waals surface area contributed by atoms with Crippen LogP contribution in [0.3, 0.4) is 0 Å². The maximum absolute atomic E-state index is 12.8. The molecule has 0 spiro atoms. The van der Waals surface area contributed by atoms with Crippen molar-refractivity contribution in [3.63, 3.8) is 0 Å². The Morgan fingerprint density at radius 3 is 1.96 bits per heavy atom. The van der Waals surface area contributed by atoms with Gasteiger partial charge in [0.2, 0.25) is 6.29 Å². The summed E-state index contributed by atoms with van der Waals surface area (Å²) >= 11 is 0. The fraction of sp³-hybridized carbons (Fsp3) is 0.375. The summed E-state index contributed by atoms with van der Waals surface area (Å²) in [6.45, 7) is 11.5. The lowest BCUT2D eigenvalue weighted by Gasteiger charge is -2.23. The van der Waals surface area contributed by atoms with E-state index in [1.165, 1.54) is 19.3 Å². The second-order valence-electron chi connectivity index (χ2n) is 11.9. The van der Waals surface area contributed by atoms with Gasteiger partial charge >= 0.3 is 17.9 Å².